The molecule has 6 heteroatoms. The highest BCUT2D eigenvalue weighted by molar-refractivity contribution is 5.71. The number of carbonyl (C=O) groups excluding carboxylic acids is 1. The number of nitrogens with zero attached hydrogens (tertiary/aromatic N) is 2. The van der Waals surface area contributed by atoms with E-state index in [0.29, 0.717) is 18.3 Å². The Kier molecular flexibility index (Phi) is 8.62. The number of piperazine rings is 1. The zero-order valence-corrected chi connectivity index (χ0v) is 18.1. The number of hydrogen-bond acceptors (Lipinski definition) is 6. The second kappa shape index (κ2) is 11.4. The minimum atomic E-state index is -0.316. The standard InChI is InChI=1S/C23H37N3O3/c1-19(2)17-29-23(27)18-28-22-5-3-21(4-6-22)26-15-13-25(14-16-26)12-9-20-7-10-24-11-8-20/h3-6,19-20,24H,7-18H2,1-2H3. The maximum absolute atomic E-state index is 11.7. The van der Waals surface area contributed by atoms with E-state index in [-0.39, 0.29) is 12.6 Å². The third kappa shape index (κ3) is 7.52. The van der Waals surface area contributed by atoms with Crippen LogP contribution in [0.2, 0.25) is 0 Å². The molecule has 0 aliphatic carbocycles. The summed E-state index contributed by atoms with van der Waals surface area (Å²) in [6.07, 6.45) is 4.01. The summed E-state index contributed by atoms with van der Waals surface area (Å²) in [4.78, 5) is 16.7. The predicted octanol–water partition coefficient (Wildman–Crippen LogP) is 2.78. The number of carbonyl (C=O) groups is 1. The molecule has 1 aromatic rings. The van der Waals surface area contributed by atoms with Gasteiger partial charge in [-0.2, -0.15) is 0 Å². The molecule has 6 nitrogen and oxygen atoms in total. The van der Waals surface area contributed by atoms with Gasteiger partial charge in [-0.25, -0.2) is 4.79 Å². The zero-order chi connectivity index (χ0) is 20.5. The van der Waals surface area contributed by atoms with Gasteiger partial charge in [0.15, 0.2) is 6.61 Å². The first kappa shape index (κ1) is 21.9. The Labute approximate surface area is 175 Å². The van der Waals surface area contributed by atoms with Gasteiger partial charge in [-0.05, 0) is 75.0 Å². The summed E-state index contributed by atoms with van der Waals surface area (Å²) < 4.78 is 10.7. The molecule has 1 aromatic carbocycles. The molecule has 0 amide bonds. The topological polar surface area (TPSA) is 54.0 Å². The highest BCUT2D eigenvalue weighted by Gasteiger charge is 2.19. The Balaban J connectivity index is 1.35. The lowest BCUT2D eigenvalue weighted by Gasteiger charge is -2.37. The molecule has 29 heavy (non-hydrogen) atoms. The van der Waals surface area contributed by atoms with Crippen molar-refractivity contribution in [1.82, 2.24) is 10.2 Å². The van der Waals surface area contributed by atoms with Crippen molar-refractivity contribution in [2.75, 3.05) is 63.9 Å². The van der Waals surface area contributed by atoms with E-state index in [2.05, 4.69) is 27.2 Å². The van der Waals surface area contributed by atoms with E-state index in [1.54, 1.807) is 0 Å². The first-order valence-corrected chi connectivity index (χ1v) is 11.2. The van der Waals surface area contributed by atoms with Gasteiger partial charge in [0.05, 0.1) is 6.61 Å². The summed E-state index contributed by atoms with van der Waals surface area (Å²) in [7, 11) is 0. The lowest BCUT2D eigenvalue weighted by molar-refractivity contribution is -0.147. The van der Waals surface area contributed by atoms with Crippen LogP contribution in [-0.2, 0) is 9.53 Å². The molecule has 1 N–H and O–H groups in total. The van der Waals surface area contributed by atoms with Crippen LogP contribution in [0.4, 0.5) is 5.69 Å². The normalized spacial score (nSPS) is 18.8. The second-order valence-electron chi connectivity index (χ2n) is 8.67. The Hall–Kier alpha value is -1.79. The van der Waals surface area contributed by atoms with Crippen LogP contribution in [0.5, 0.6) is 5.75 Å². The maximum atomic E-state index is 11.7. The van der Waals surface area contributed by atoms with Crippen LogP contribution in [-0.4, -0.2) is 69.9 Å². The molecule has 3 rings (SSSR count). The first-order chi connectivity index (χ1) is 14.1. The van der Waals surface area contributed by atoms with E-state index in [1.165, 1.54) is 44.6 Å². The third-order valence-electron chi connectivity index (χ3n) is 5.82. The summed E-state index contributed by atoms with van der Waals surface area (Å²) in [6.45, 7) is 12.4. The van der Waals surface area contributed by atoms with Crippen LogP contribution < -0.4 is 15.0 Å². The SMILES string of the molecule is CC(C)COC(=O)COc1ccc(N2CCN(CCC3CCNCC3)CC2)cc1. The maximum Gasteiger partial charge on any atom is 0.344 e. The average Bonchev–Trinajstić information content (AvgIpc) is 2.76. The molecule has 0 saturated carbocycles. The molecule has 2 aliphatic rings. The molecule has 162 valence electrons. The molecule has 2 aliphatic heterocycles. The van der Waals surface area contributed by atoms with E-state index in [0.717, 1.165) is 32.1 Å². The van der Waals surface area contributed by atoms with Crippen LogP contribution in [0.1, 0.15) is 33.1 Å². The van der Waals surface area contributed by atoms with Gasteiger partial charge in [0.25, 0.3) is 0 Å². The number of rotatable bonds is 9. The minimum absolute atomic E-state index is 0.0399. The molecule has 2 heterocycles. The van der Waals surface area contributed by atoms with Crippen molar-refractivity contribution < 1.29 is 14.3 Å². The minimum Gasteiger partial charge on any atom is -0.482 e. The Morgan fingerprint density at radius 2 is 1.79 bits per heavy atom. The monoisotopic (exact) mass is 403 g/mol. The van der Waals surface area contributed by atoms with E-state index < -0.39 is 0 Å². The Morgan fingerprint density at radius 3 is 2.45 bits per heavy atom. The van der Waals surface area contributed by atoms with E-state index in [1.807, 2.05) is 26.0 Å². The predicted molar refractivity (Wildman–Crippen MR) is 117 cm³/mol. The molecular formula is C23H37N3O3. The van der Waals surface area contributed by atoms with Gasteiger partial charge >= 0.3 is 5.97 Å². The van der Waals surface area contributed by atoms with Gasteiger partial charge in [0.2, 0.25) is 0 Å². The smallest absolute Gasteiger partial charge is 0.344 e. The van der Waals surface area contributed by atoms with E-state index in [9.17, 15) is 4.79 Å². The van der Waals surface area contributed by atoms with Crippen LogP contribution in [0, 0.1) is 11.8 Å². The number of nitrogens with one attached hydrogen (secondary N) is 1. The molecule has 0 unspecified atom stereocenters. The lowest BCUT2D eigenvalue weighted by atomic mass is 9.94. The molecular weight excluding hydrogens is 366 g/mol. The number of anilines is 1. The van der Waals surface area contributed by atoms with Gasteiger partial charge in [-0.15, -0.1) is 0 Å². The molecule has 0 radical (unpaired) electrons. The van der Waals surface area contributed by atoms with Crippen molar-refractivity contribution >= 4 is 11.7 Å². The number of esters is 1. The molecule has 0 bridgehead atoms. The second-order valence-corrected chi connectivity index (χ2v) is 8.67. The highest BCUT2D eigenvalue weighted by Crippen LogP contribution is 2.22. The van der Waals surface area contributed by atoms with Crippen molar-refractivity contribution in [2.24, 2.45) is 11.8 Å². The van der Waals surface area contributed by atoms with Gasteiger partial charge in [-0.3, -0.25) is 4.90 Å². The van der Waals surface area contributed by atoms with Gasteiger partial charge in [-0.1, -0.05) is 13.8 Å². The Bertz CT molecular complexity index is 606. The molecule has 2 saturated heterocycles. The van der Waals surface area contributed by atoms with Crippen molar-refractivity contribution in [2.45, 2.75) is 33.1 Å². The van der Waals surface area contributed by atoms with E-state index >= 15 is 0 Å². The number of benzene rings is 1. The van der Waals surface area contributed by atoms with Crippen molar-refractivity contribution in [3.05, 3.63) is 24.3 Å². The fourth-order valence-corrected chi connectivity index (χ4v) is 3.96. The summed E-state index contributed by atoms with van der Waals surface area (Å²) >= 11 is 0. The lowest BCUT2D eigenvalue weighted by Crippen LogP contribution is -2.47. The molecule has 0 atom stereocenters. The summed E-state index contributed by atoms with van der Waals surface area (Å²) in [5, 5.41) is 3.45. The van der Waals surface area contributed by atoms with Crippen LogP contribution in [0.25, 0.3) is 0 Å². The van der Waals surface area contributed by atoms with Gasteiger partial charge in [0.1, 0.15) is 5.75 Å². The number of ether oxygens (including phenoxy) is 2. The fourth-order valence-electron chi connectivity index (χ4n) is 3.96. The quantitative estimate of drug-likeness (QED) is 0.640. The molecule has 0 spiro atoms. The number of piperidine rings is 1. The zero-order valence-electron chi connectivity index (χ0n) is 18.1. The average molecular weight is 404 g/mol. The Morgan fingerprint density at radius 1 is 1.10 bits per heavy atom. The summed E-state index contributed by atoms with van der Waals surface area (Å²) in [5.74, 6) is 1.63. The van der Waals surface area contributed by atoms with Crippen molar-refractivity contribution in [3.63, 3.8) is 0 Å². The summed E-state index contributed by atoms with van der Waals surface area (Å²) in [6, 6.07) is 8.04. The van der Waals surface area contributed by atoms with E-state index in [4.69, 9.17) is 9.47 Å². The summed E-state index contributed by atoms with van der Waals surface area (Å²) in [5.41, 5.74) is 1.22. The van der Waals surface area contributed by atoms with Crippen LogP contribution in [0.15, 0.2) is 24.3 Å². The van der Waals surface area contributed by atoms with Gasteiger partial charge in [0, 0.05) is 31.9 Å². The van der Waals surface area contributed by atoms with Crippen molar-refractivity contribution in [1.29, 1.82) is 0 Å². The number of hydrogen-bond donors (Lipinski definition) is 1. The van der Waals surface area contributed by atoms with Crippen molar-refractivity contribution in [3.8, 4) is 5.75 Å². The molecule has 0 aromatic heterocycles. The highest BCUT2D eigenvalue weighted by atomic mass is 16.6. The fraction of sp³-hybridized carbons (Fsp3) is 0.696. The van der Waals surface area contributed by atoms with Gasteiger partial charge < -0.3 is 19.7 Å². The molecule has 2 fully saturated rings. The first-order valence-electron chi connectivity index (χ1n) is 11.2. The third-order valence-corrected chi connectivity index (χ3v) is 5.82. The largest absolute Gasteiger partial charge is 0.482 e. The van der Waals surface area contributed by atoms with Crippen LogP contribution in [0.3, 0.4) is 0 Å². The van der Waals surface area contributed by atoms with Crippen LogP contribution >= 0.6 is 0 Å².